The summed E-state index contributed by atoms with van der Waals surface area (Å²) in [6.45, 7) is 3.30. The number of hydrogen-bond donors (Lipinski definition) is 1. The Morgan fingerprint density at radius 3 is 2.79 bits per heavy atom. The summed E-state index contributed by atoms with van der Waals surface area (Å²) in [5.74, 6) is -1.27. The van der Waals surface area contributed by atoms with Crippen molar-refractivity contribution in [2.75, 3.05) is 0 Å². The number of carbonyl (C=O) groups excluding carboxylic acids is 2. The molecule has 0 saturated heterocycles. The van der Waals surface area contributed by atoms with Crippen LogP contribution in [0.5, 0.6) is 0 Å². The normalized spacial score (nSPS) is 12.3. The molecule has 0 aliphatic rings. The zero-order valence-corrected chi connectivity index (χ0v) is 14.5. The Labute approximate surface area is 146 Å². The van der Waals surface area contributed by atoms with Crippen molar-refractivity contribution in [1.29, 1.82) is 0 Å². The molecule has 1 atom stereocenters. The van der Waals surface area contributed by atoms with Gasteiger partial charge < -0.3 is 10.5 Å². The fourth-order valence-electron chi connectivity index (χ4n) is 2.21. The van der Waals surface area contributed by atoms with E-state index >= 15 is 0 Å². The van der Waals surface area contributed by atoms with E-state index in [2.05, 4.69) is 5.10 Å². The molecule has 2 heterocycles. The Bertz CT molecular complexity index is 947. The molecule has 3 rings (SSSR count). The van der Waals surface area contributed by atoms with Gasteiger partial charge in [0.25, 0.3) is 5.91 Å². The van der Waals surface area contributed by atoms with E-state index in [9.17, 15) is 9.59 Å². The molecular formula is C16H14ClN3O3S. The zero-order chi connectivity index (χ0) is 17.4. The van der Waals surface area contributed by atoms with Crippen molar-refractivity contribution in [3.05, 3.63) is 45.9 Å². The van der Waals surface area contributed by atoms with E-state index in [4.69, 9.17) is 22.1 Å². The van der Waals surface area contributed by atoms with Crippen molar-refractivity contribution in [2.24, 2.45) is 5.73 Å². The number of fused-ring (bicyclic) bond motifs is 1. The van der Waals surface area contributed by atoms with Crippen molar-refractivity contribution in [3.63, 3.8) is 0 Å². The molecule has 0 unspecified atom stereocenters. The zero-order valence-electron chi connectivity index (χ0n) is 12.9. The Kier molecular flexibility index (Phi) is 4.29. The number of nitrogens with two attached hydrogens (primary N) is 1. The van der Waals surface area contributed by atoms with Crippen LogP contribution in [0.25, 0.3) is 15.9 Å². The molecule has 0 aliphatic heterocycles. The molecule has 0 saturated carbocycles. The predicted octanol–water partition coefficient (Wildman–Crippen LogP) is 3.08. The van der Waals surface area contributed by atoms with Crippen LogP contribution in [-0.2, 0) is 9.53 Å². The average molecular weight is 364 g/mol. The lowest BCUT2D eigenvalue weighted by molar-refractivity contribution is -0.125. The van der Waals surface area contributed by atoms with Crippen LogP contribution >= 0.6 is 22.9 Å². The van der Waals surface area contributed by atoms with Gasteiger partial charge in [0.2, 0.25) is 0 Å². The molecule has 0 aliphatic carbocycles. The number of ether oxygens (including phenoxy) is 1. The summed E-state index contributed by atoms with van der Waals surface area (Å²) >= 11 is 7.28. The van der Waals surface area contributed by atoms with Gasteiger partial charge in [0, 0.05) is 10.4 Å². The second-order valence-electron chi connectivity index (χ2n) is 5.26. The van der Waals surface area contributed by atoms with E-state index in [0.717, 1.165) is 21.6 Å². The summed E-state index contributed by atoms with van der Waals surface area (Å²) in [7, 11) is 0. The first-order chi connectivity index (χ1) is 11.4. The topological polar surface area (TPSA) is 87.2 Å². The second-order valence-corrected chi connectivity index (χ2v) is 6.72. The van der Waals surface area contributed by atoms with E-state index < -0.39 is 18.0 Å². The number of primary amides is 1. The Morgan fingerprint density at radius 1 is 1.38 bits per heavy atom. The van der Waals surface area contributed by atoms with E-state index in [0.29, 0.717) is 9.90 Å². The minimum absolute atomic E-state index is 0.384. The van der Waals surface area contributed by atoms with E-state index in [1.165, 1.54) is 18.3 Å². The monoisotopic (exact) mass is 363 g/mol. The number of esters is 1. The quantitative estimate of drug-likeness (QED) is 0.721. The van der Waals surface area contributed by atoms with Gasteiger partial charge in [-0.05, 0) is 38.1 Å². The number of benzene rings is 1. The number of amides is 1. The highest BCUT2D eigenvalue weighted by molar-refractivity contribution is 7.20. The number of halogens is 1. The number of carbonyl (C=O) groups is 2. The summed E-state index contributed by atoms with van der Waals surface area (Å²) in [4.78, 5) is 24.4. The van der Waals surface area contributed by atoms with Crippen LogP contribution in [0, 0.1) is 6.92 Å². The van der Waals surface area contributed by atoms with Gasteiger partial charge in [-0.1, -0.05) is 17.7 Å². The van der Waals surface area contributed by atoms with Crippen molar-refractivity contribution < 1.29 is 14.3 Å². The molecule has 1 aromatic carbocycles. The van der Waals surface area contributed by atoms with Gasteiger partial charge in [-0.25, -0.2) is 9.48 Å². The first-order valence-electron chi connectivity index (χ1n) is 7.12. The third kappa shape index (κ3) is 3.00. The number of thiophene rings is 1. The lowest BCUT2D eigenvalue weighted by atomic mass is 10.3. The fraction of sp³-hybridized carbons (Fsp3) is 0.188. The number of aryl methyl sites for hydroxylation is 1. The van der Waals surface area contributed by atoms with Crippen molar-refractivity contribution in [2.45, 2.75) is 20.0 Å². The fourth-order valence-corrected chi connectivity index (χ4v) is 3.46. The molecule has 1 amide bonds. The maximum absolute atomic E-state index is 12.2. The van der Waals surface area contributed by atoms with Gasteiger partial charge >= 0.3 is 5.97 Å². The third-order valence-corrected chi connectivity index (χ3v) is 4.81. The predicted molar refractivity (Wildman–Crippen MR) is 92.8 cm³/mol. The van der Waals surface area contributed by atoms with Crippen LogP contribution in [0.3, 0.4) is 0 Å². The summed E-state index contributed by atoms with van der Waals surface area (Å²) in [5.41, 5.74) is 6.70. The number of rotatable bonds is 4. The average Bonchev–Trinajstić information content (AvgIpc) is 3.08. The number of nitrogens with zero attached hydrogens (tertiary/aromatic N) is 2. The molecular weight excluding hydrogens is 350 g/mol. The Morgan fingerprint density at radius 2 is 2.12 bits per heavy atom. The van der Waals surface area contributed by atoms with Crippen molar-refractivity contribution in [1.82, 2.24) is 9.78 Å². The van der Waals surface area contributed by atoms with E-state index in [-0.39, 0.29) is 0 Å². The maximum Gasteiger partial charge on any atom is 0.349 e. The smallest absolute Gasteiger partial charge is 0.349 e. The molecule has 0 fully saturated rings. The van der Waals surface area contributed by atoms with Crippen LogP contribution in [0.4, 0.5) is 0 Å². The summed E-state index contributed by atoms with van der Waals surface area (Å²) < 4.78 is 6.78. The van der Waals surface area contributed by atoms with Gasteiger partial charge in [0.15, 0.2) is 6.10 Å². The summed E-state index contributed by atoms with van der Waals surface area (Å²) in [6, 6.07) is 8.99. The van der Waals surface area contributed by atoms with Crippen molar-refractivity contribution in [3.8, 4) is 5.69 Å². The molecule has 6 nitrogen and oxygen atoms in total. The molecule has 2 aromatic heterocycles. The van der Waals surface area contributed by atoms with E-state index in [1.54, 1.807) is 22.9 Å². The highest BCUT2D eigenvalue weighted by atomic mass is 35.5. The molecule has 0 bridgehead atoms. The Hall–Kier alpha value is -2.38. The SMILES string of the molecule is Cc1nn(-c2cccc(Cl)c2)c2sc(C(=O)O[C@@H](C)C(N)=O)cc12. The van der Waals surface area contributed by atoms with Crippen LogP contribution < -0.4 is 5.73 Å². The highest BCUT2D eigenvalue weighted by Crippen LogP contribution is 2.31. The van der Waals surface area contributed by atoms with Crippen LogP contribution in [0.15, 0.2) is 30.3 Å². The van der Waals surface area contributed by atoms with Gasteiger partial charge in [-0.15, -0.1) is 11.3 Å². The second kappa shape index (κ2) is 6.26. The molecule has 0 radical (unpaired) electrons. The van der Waals surface area contributed by atoms with Gasteiger partial charge in [0.05, 0.1) is 11.4 Å². The van der Waals surface area contributed by atoms with Gasteiger partial charge in [0.1, 0.15) is 9.71 Å². The van der Waals surface area contributed by atoms with Crippen molar-refractivity contribution >= 4 is 45.0 Å². The molecule has 3 aromatic rings. The lowest BCUT2D eigenvalue weighted by Gasteiger charge is -2.07. The van der Waals surface area contributed by atoms with Gasteiger partial charge in [-0.3, -0.25) is 4.79 Å². The summed E-state index contributed by atoms with van der Waals surface area (Å²) in [5, 5.41) is 5.94. The van der Waals surface area contributed by atoms with Crippen LogP contribution in [0.2, 0.25) is 5.02 Å². The lowest BCUT2D eigenvalue weighted by Crippen LogP contribution is -2.30. The minimum atomic E-state index is -0.978. The summed E-state index contributed by atoms with van der Waals surface area (Å²) in [6.07, 6.45) is -0.978. The molecule has 8 heteroatoms. The maximum atomic E-state index is 12.2. The first-order valence-corrected chi connectivity index (χ1v) is 8.31. The molecule has 0 spiro atoms. The standard InChI is InChI=1S/C16H14ClN3O3S/c1-8-12-7-13(16(22)23-9(2)14(18)21)24-15(12)20(19-8)11-5-3-4-10(17)6-11/h3-7,9H,1-2H3,(H2,18,21)/t9-/m0/s1. The molecule has 24 heavy (non-hydrogen) atoms. The van der Waals surface area contributed by atoms with Gasteiger partial charge in [-0.2, -0.15) is 5.10 Å². The van der Waals surface area contributed by atoms with E-state index in [1.807, 2.05) is 19.1 Å². The number of aromatic nitrogens is 2. The van der Waals surface area contributed by atoms with Crippen LogP contribution in [-0.4, -0.2) is 27.8 Å². The highest BCUT2D eigenvalue weighted by Gasteiger charge is 2.21. The number of hydrogen-bond acceptors (Lipinski definition) is 5. The van der Waals surface area contributed by atoms with Crippen LogP contribution in [0.1, 0.15) is 22.3 Å². The Balaban J connectivity index is 2.01. The third-order valence-electron chi connectivity index (χ3n) is 3.48. The minimum Gasteiger partial charge on any atom is -0.448 e. The first kappa shape index (κ1) is 16.5. The molecule has 124 valence electrons. The largest absolute Gasteiger partial charge is 0.448 e. The molecule has 2 N–H and O–H groups in total.